The van der Waals surface area contributed by atoms with Crippen molar-refractivity contribution in [2.75, 3.05) is 26.2 Å². The predicted octanol–water partition coefficient (Wildman–Crippen LogP) is 2.64. The zero-order valence-electron chi connectivity index (χ0n) is 10.8. The Balaban J connectivity index is 2.40. The molecule has 1 N–H and O–H groups in total. The summed E-state index contributed by atoms with van der Waals surface area (Å²) in [6.45, 7) is 12.0. The molecule has 15 heavy (non-hydrogen) atoms. The van der Waals surface area contributed by atoms with E-state index in [0.29, 0.717) is 5.54 Å². The molecule has 0 radical (unpaired) electrons. The molecule has 0 aliphatic carbocycles. The van der Waals surface area contributed by atoms with Gasteiger partial charge >= 0.3 is 0 Å². The summed E-state index contributed by atoms with van der Waals surface area (Å²) in [4.78, 5) is 2.70. The maximum absolute atomic E-state index is 3.50. The van der Waals surface area contributed by atoms with E-state index in [0.717, 1.165) is 0 Å². The Kier molecular flexibility index (Phi) is 5.62. The Morgan fingerprint density at radius 3 is 2.73 bits per heavy atom. The van der Waals surface area contributed by atoms with E-state index in [-0.39, 0.29) is 0 Å². The van der Waals surface area contributed by atoms with Crippen molar-refractivity contribution < 1.29 is 0 Å². The van der Waals surface area contributed by atoms with Crippen molar-refractivity contribution in [1.82, 2.24) is 10.2 Å². The minimum atomic E-state index is 0.390. The van der Waals surface area contributed by atoms with Crippen LogP contribution in [0.1, 0.15) is 52.9 Å². The lowest BCUT2D eigenvalue weighted by molar-refractivity contribution is 0.0985. The lowest BCUT2D eigenvalue weighted by Crippen LogP contribution is -2.49. The summed E-state index contributed by atoms with van der Waals surface area (Å²) in [5.41, 5.74) is 0.390. The molecule has 1 fully saturated rings. The van der Waals surface area contributed by atoms with Crippen molar-refractivity contribution in [1.29, 1.82) is 0 Å². The standard InChI is InChI=1S/C13H28N2/c1-4-5-6-11-15-12-7-9-14-10-8-13(15,2)3/h14H,4-12H2,1-3H3. The largest absolute Gasteiger partial charge is 0.317 e. The Morgan fingerprint density at radius 1 is 1.20 bits per heavy atom. The molecule has 1 aliphatic rings. The molecule has 0 bridgehead atoms. The zero-order valence-corrected chi connectivity index (χ0v) is 10.8. The van der Waals surface area contributed by atoms with Gasteiger partial charge in [-0.1, -0.05) is 19.8 Å². The molecule has 1 rings (SSSR count). The van der Waals surface area contributed by atoms with E-state index >= 15 is 0 Å². The van der Waals surface area contributed by atoms with E-state index in [4.69, 9.17) is 0 Å². The normalized spacial score (nSPS) is 23.4. The van der Waals surface area contributed by atoms with Crippen LogP contribution in [0.25, 0.3) is 0 Å². The smallest absolute Gasteiger partial charge is 0.0165 e. The van der Waals surface area contributed by atoms with Crippen LogP contribution in [0.15, 0.2) is 0 Å². The van der Waals surface area contributed by atoms with Gasteiger partial charge in [-0.15, -0.1) is 0 Å². The van der Waals surface area contributed by atoms with Gasteiger partial charge in [-0.3, -0.25) is 4.90 Å². The molecule has 0 amide bonds. The first kappa shape index (κ1) is 13.0. The van der Waals surface area contributed by atoms with Gasteiger partial charge in [-0.2, -0.15) is 0 Å². The van der Waals surface area contributed by atoms with Crippen molar-refractivity contribution in [2.24, 2.45) is 0 Å². The number of hydrogen-bond donors (Lipinski definition) is 1. The lowest BCUT2D eigenvalue weighted by atomic mass is 9.96. The minimum absolute atomic E-state index is 0.390. The summed E-state index contributed by atoms with van der Waals surface area (Å²) in [7, 11) is 0. The van der Waals surface area contributed by atoms with Crippen LogP contribution in [-0.2, 0) is 0 Å². The summed E-state index contributed by atoms with van der Waals surface area (Å²) < 4.78 is 0. The summed E-state index contributed by atoms with van der Waals surface area (Å²) in [5.74, 6) is 0. The summed E-state index contributed by atoms with van der Waals surface area (Å²) in [6.07, 6.45) is 6.66. The molecule has 1 saturated heterocycles. The number of nitrogens with one attached hydrogen (secondary N) is 1. The van der Waals surface area contributed by atoms with Gasteiger partial charge in [0, 0.05) is 5.54 Å². The summed E-state index contributed by atoms with van der Waals surface area (Å²) in [5, 5.41) is 3.50. The monoisotopic (exact) mass is 212 g/mol. The van der Waals surface area contributed by atoms with E-state index in [1.54, 1.807) is 0 Å². The number of hydrogen-bond acceptors (Lipinski definition) is 2. The van der Waals surface area contributed by atoms with Crippen molar-refractivity contribution in [2.45, 2.75) is 58.4 Å². The van der Waals surface area contributed by atoms with E-state index < -0.39 is 0 Å². The molecule has 0 saturated carbocycles. The van der Waals surface area contributed by atoms with Gasteiger partial charge < -0.3 is 5.32 Å². The van der Waals surface area contributed by atoms with Gasteiger partial charge in [0.25, 0.3) is 0 Å². The van der Waals surface area contributed by atoms with Gasteiger partial charge in [0.05, 0.1) is 0 Å². The lowest BCUT2D eigenvalue weighted by Gasteiger charge is -2.40. The molecule has 1 aliphatic heterocycles. The highest BCUT2D eigenvalue weighted by molar-refractivity contribution is 4.84. The van der Waals surface area contributed by atoms with Gasteiger partial charge in [0.2, 0.25) is 0 Å². The van der Waals surface area contributed by atoms with Crippen LogP contribution < -0.4 is 5.32 Å². The molecule has 90 valence electrons. The highest BCUT2D eigenvalue weighted by atomic mass is 15.2. The second kappa shape index (κ2) is 6.49. The Hall–Kier alpha value is -0.0800. The van der Waals surface area contributed by atoms with Crippen molar-refractivity contribution in [3.8, 4) is 0 Å². The molecule has 0 unspecified atom stereocenters. The number of nitrogens with zero attached hydrogens (tertiary/aromatic N) is 1. The van der Waals surface area contributed by atoms with Gasteiger partial charge in [-0.25, -0.2) is 0 Å². The average molecular weight is 212 g/mol. The minimum Gasteiger partial charge on any atom is -0.317 e. The van der Waals surface area contributed by atoms with Crippen molar-refractivity contribution >= 4 is 0 Å². The van der Waals surface area contributed by atoms with E-state index in [9.17, 15) is 0 Å². The Morgan fingerprint density at radius 2 is 2.00 bits per heavy atom. The number of rotatable bonds is 4. The molecule has 0 aromatic carbocycles. The van der Waals surface area contributed by atoms with E-state index in [1.807, 2.05) is 0 Å². The molecular weight excluding hydrogens is 184 g/mol. The van der Waals surface area contributed by atoms with Crippen LogP contribution in [0, 0.1) is 0 Å². The first-order chi connectivity index (χ1) is 7.17. The summed E-state index contributed by atoms with van der Waals surface area (Å²) >= 11 is 0. The Labute approximate surface area is 95.4 Å². The maximum Gasteiger partial charge on any atom is 0.0165 e. The predicted molar refractivity (Wildman–Crippen MR) is 67.3 cm³/mol. The van der Waals surface area contributed by atoms with Crippen molar-refractivity contribution in [3.05, 3.63) is 0 Å². The van der Waals surface area contributed by atoms with Gasteiger partial charge in [0.1, 0.15) is 0 Å². The highest BCUT2D eigenvalue weighted by Crippen LogP contribution is 2.20. The third kappa shape index (κ3) is 4.52. The molecule has 0 aromatic rings. The summed E-state index contributed by atoms with van der Waals surface area (Å²) in [6, 6.07) is 0. The number of unbranched alkanes of at least 4 members (excludes halogenated alkanes) is 2. The molecule has 2 nitrogen and oxygen atoms in total. The quantitative estimate of drug-likeness (QED) is 0.721. The van der Waals surface area contributed by atoms with Crippen LogP contribution >= 0.6 is 0 Å². The van der Waals surface area contributed by atoms with E-state index in [2.05, 4.69) is 31.0 Å². The fourth-order valence-corrected chi connectivity index (χ4v) is 2.34. The fraction of sp³-hybridized carbons (Fsp3) is 1.00. The highest BCUT2D eigenvalue weighted by Gasteiger charge is 2.26. The fourth-order valence-electron chi connectivity index (χ4n) is 2.34. The zero-order chi connectivity index (χ0) is 11.1. The van der Waals surface area contributed by atoms with Crippen LogP contribution in [-0.4, -0.2) is 36.6 Å². The first-order valence-corrected chi connectivity index (χ1v) is 6.62. The molecule has 0 spiro atoms. The third-order valence-electron chi connectivity index (χ3n) is 3.58. The second-order valence-electron chi connectivity index (χ2n) is 5.36. The molecule has 1 heterocycles. The third-order valence-corrected chi connectivity index (χ3v) is 3.58. The van der Waals surface area contributed by atoms with Crippen LogP contribution in [0.3, 0.4) is 0 Å². The Bertz CT molecular complexity index is 166. The second-order valence-corrected chi connectivity index (χ2v) is 5.36. The molecular formula is C13H28N2. The topological polar surface area (TPSA) is 15.3 Å². The maximum atomic E-state index is 3.50. The van der Waals surface area contributed by atoms with Crippen LogP contribution in [0.4, 0.5) is 0 Å². The SMILES string of the molecule is CCCCCN1CCCNCCC1(C)C. The van der Waals surface area contributed by atoms with Gasteiger partial charge in [-0.05, 0) is 59.3 Å². The van der Waals surface area contributed by atoms with Crippen LogP contribution in [0.2, 0.25) is 0 Å². The molecule has 0 aromatic heterocycles. The average Bonchev–Trinajstić information content (AvgIpc) is 2.18. The first-order valence-electron chi connectivity index (χ1n) is 6.62. The van der Waals surface area contributed by atoms with E-state index in [1.165, 1.54) is 58.3 Å². The van der Waals surface area contributed by atoms with Crippen LogP contribution in [0.5, 0.6) is 0 Å². The molecule has 0 atom stereocenters. The van der Waals surface area contributed by atoms with Crippen molar-refractivity contribution in [3.63, 3.8) is 0 Å². The molecule has 2 heteroatoms. The van der Waals surface area contributed by atoms with Gasteiger partial charge in [0.15, 0.2) is 0 Å².